The first-order valence-corrected chi connectivity index (χ1v) is 8.48. The third kappa shape index (κ3) is 3.48. The van der Waals surface area contributed by atoms with E-state index in [-0.39, 0.29) is 5.91 Å². The number of carbonyl (C=O) groups excluding carboxylic acids is 1. The minimum atomic E-state index is 0.141. The highest BCUT2D eigenvalue weighted by atomic mass is 32.2. The first-order chi connectivity index (χ1) is 9.63. The molecule has 1 atom stereocenters. The van der Waals surface area contributed by atoms with E-state index in [1.54, 1.807) is 0 Å². The molecule has 1 heterocycles. The number of thioether (sulfide) groups is 1. The van der Waals surface area contributed by atoms with E-state index in [1.165, 1.54) is 5.75 Å². The van der Waals surface area contributed by atoms with Crippen molar-refractivity contribution in [3.8, 4) is 0 Å². The van der Waals surface area contributed by atoms with Gasteiger partial charge >= 0.3 is 0 Å². The lowest BCUT2D eigenvalue weighted by Gasteiger charge is -2.24. The molecule has 4 heteroatoms. The van der Waals surface area contributed by atoms with Gasteiger partial charge in [0, 0.05) is 36.6 Å². The number of amides is 1. The molecular weight excluding hydrogens is 268 g/mol. The van der Waals surface area contributed by atoms with E-state index < -0.39 is 0 Å². The van der Waals surface area contributed by atoms with Crippen molar-refractivity contribution in [2.24, 2.45) is 0 Å². The predicted octanol–water partition coefficient (Wildman–Crippen LogP) is 3.39. The summed E-state index contributed by atoms with van der Waals surface area (Å²) in [6, 6.07) is 6.35. The van der Waals surface area contributed by atoms with Crippen molar-refractivity contribution in [3.05, 3.63) is 29.3 Å². The molecule has 0 saturated carbocycles. The van der Waals surface area contributed by atoms with Gasteiger partial charge in [0.15, 0.2) is 0 Å². The Hall–Kier alpha value is -1.16. The summed E-state index contributed by atoms with van der Waals surface area (Å²) in [6.07, 6.45) is 2.21. The molecule has 0 radical (unpaired) electrons. The van der Waals surface area contributed by atoms with Crippen LogP contribution in [0.2, 0.25) is 0 Å². The van der Waals surface area contributed by atoms with E-state index in [1.807, 2.05) is 41.9 Å². The number of aryl methyl sites for hydroxylation is 1. The summed E-state index contributed by atoms with van der Waals surface area (Å²) in [5.74, 6) is 2.38. The summed E-state index contributed by atoms with van der Waals surface area (Å²) < 4.78 is 0. The van der Waals surface area contributed by atoms with E-state index in [9.17, 15) is 4.79 Å². The average molecular weight is 292 g/mol. The van der Waals surface area contributed by atoms with Crippen LogP contribution in [0.4, 0.5) is 5.69 Å². The molecule has 1 saturated heterocycles. The maximum absolute atomic E-state index is 12.5. The van der Waals surface area contributed by atoms with Crippen molar-refractivity contribution >= 4 is 23.4 Å². The van der Waals surface area contributed by atoms with Crippen LogP contribution < -0.4 is 5.32 Å². The minimum Gasteiger partial charge on any atom is -0.385 e. The number of nitrogens with one attached hydrogen (secondary N) is 1. The Morgan fingerprint density at radius 2 is 2.30 bits per heavy atom. The first-order valence-electron chi connectivity index (χ1n) is 7.33. The number of carbonyl (C=O) groups is 1. The van der Waals surface area contributed by atoms with Crippen LogP contribution in [-0.4, -0.2) is 41.9 Å². The Kier molecular flexibility index (Phi) is 5.35. The Balaban J connectivity index is 2.08. The standard InChI is InChI=1S/C16H24N2OS/c1-4-8-17-15-6-5-13(10-12(15)2)16(19)18(3)14-7-9-20-11-14/h5-6,10,14,17H,4,7-9,11H2,1-3H3. The van der Waals surface area contributed by atoms with Crippen molar-refractivity contribution in [2.45, 2.75) is 32.7 Å². The lowest BCUT2D eigenvalue weighted by molar-refractivity contribution is 0.0748. The van der Waals surface area contributed by atoms with Crippen molar-refractivity contribution in [1.29, 1.82) is 0 Å². The van der Waals surface area contributed by atoms with Gasteiger partial charge in [-0.3, -0.25) is 4.79 Å². The maximum atomic E-state index is 12.5. The number of nitrogens with zero attached hydrogens (tertiary/aromatic N) is 1. The van der Waals surface area contributed by atoms with Gasteiger partial charge in [-0.15, -0.1) is 0 Å². The van der Waals surface area contributed by atoms with Crippen LogP contribution in [0.1, 0.15) is 35.7 Å². The average Bonchev–Trinajstić information content (AvgIpc) is 2.98. The first kappa shape index (κ1) is 15.2. The number of anilines is 1. The molecule has 20 heavy (non-hydrogen) atoms. The molecule has 110 valence electrons. The second-order valence-electron chi connectivity index (χ2n) is 5.39. The van der Waals surface area contributed by atoms with Gasteiger partial charge < -0.3 is 10.2 Å². The second kappa shape index (κ2) is 7.02. The van der Waals surface area contributed by atoms with Crippen molar-refractivity contribution in [3.63, 3.8) is 0 Å². The molecule has 1 fully saturated rings. The van der Waals surface area contributed by atoms with E-state index in [4.69, 9.17) is 0 Å². The lowest BCUT2D eigenvalue weighted by atomic mass is 10.1. The molecule has 1 N–H and O–H groups in total. The predicted molar refractivity (Wildman–Crippen MR) is 87.8 cm³/mol. The largest absolute Gasteiger partial charge is 0.385 e. The zero-order valence-electron chi connectivity index (χ0n) is 12.6. The van der Waals surface area contributed by atoms with Gasteiger partial charge in [0.1, 0.15) is 0 Å². The summed E-state index contributed by atoms with van der Waals surface area (Å²) in [7, 11) is 1.93. The smallest absolute Gasteiger partial charge is 0.253 e. The summed E-state index contributed by atoms with van der Waals surface area (Å²) in [6.45, 7) is 5.17. The maximum Gasteiger partial charge on any atom is 0.253 e. The Bertz CT molecular complexity index is 470. The topological polar surface area (TPSA) is 32.3 Å². The number of rotatable bonds is 5. The second-order valence-corrected chi connectivity index (χ2v) is 6.54. The highest BCUT2D eigenvalue weighted by Gasteiger charge is 2.24. The van der Waals surface area contributed by atoms with E-state index >= 15 is 0 Å². The van der Waals surface area contributed by atoms with E-state index in [0.717, 1.165) is 42.0 Å². The molecule has 2 rings (SSSR count). The van der Waals surface area contributed by atoms with Gasteiger partial charge in [-0.25, -0.2) is 0 Å². The molecule has 0 spiro atoms. The highest BCUT2D eigenvalue weighted by molar-refractivity contribution is 7.99. The summed E-state index contributed by atoms with van der Waals surface area (Å²) >= 11 is 1.93. The zero-order chi connectivity index (χ0) is 14.5. The Morgan fingerprint density at radius 1 is 1.50 bits per heavy atom. The summed E-state index contributed by atoms with van der Waals surface area (Å²) in [5.41, 5.74) is 3.06. The quantitative estimate of drug-likeness (QED) is 0.903. The third-order valence-corrected chi connectivity index (χ3v) is 4.96. The molecule has 3 nitrogen and oxygen atoms in total. The molecular formula is C16H24N2OS. The molecule has 0 bridgehead atoms. The van der Waals surface area contributed by atoms with Crippen LogP contribution in [0, 0.1) is 6.92 Å². The minimum absolute atomic E-state index is 0.141. The molecule has 1 aliphatic rings. The molecule has 1 unspecified atom stereocenters. The Morgan fingerprint density at radius 3 is 2.90 bits per heavy atom. The fourth-order valence-electron chi connectivity index (χ4n) is 2.45. The fraction of sp³-hybridized carbons (Fsp3) is 0.562. The summed E-state index contributed by atoms with van der Waals surface area (Å²) in [4.78, 5) is 14.4. The van der Waals surface area contributed by atoms with Crippen LogP contribution in [0.5, 0.6) is 0 Å². The molecule has 0 aliphatic carbocycles. The molecule has 1 aromatic rings. The summed E-state index contributed by atoms with van der Waals surface area (Å²) in [5, 5.41) is 3.38. The van der Waals surface area contributed by atoms with Crippen molar-refractivity contribution in [1.82, 2.24) is 4.90 Å². The van der Waals surface area contributed by atoms with Crippen molar-refractivity contribution < 1.29 is 4.79 Å². The van der Waals surface area contributed by atoms with Crippen LogP contribution >= 0.6 is 11.8 Å². The van der Waals surface area contributed by atoms with Crippen LogP contribution in [-0.2, 0) is 0 Å². The van der Waals surface area contributed by atoms with Crippen molar-refractivity contribution in [2.75, 3.05) is 30.4 Å². The van der Waals surface area contributed by atoms with Gasteiger partial charge in [-0.2, -0.15) is 11.8 Å². The molecule has 0 aromatic heterocycles. The van der Waals surface area contributed by atoms with E-state index in [2.05, 4.69) is 19.2 Å². The monoisotopic (exact) mass is 292 g/mol. The lowest BCUT2D eigenvalue weighted by Crippen LogP contribution is -2.37. The fourth-order valence-corrected chi connectivity index (χ4v) is 3.72. The third-order valence-electron chi connectivity index (χ3n) is 3.81. The van der Waals surface area contributed by atoms with Crippen LogP contribution in [0.15, 0.2) is 18.2 Å². The normalized spacial score (nSPS) is 18.1. The molecule has 1 aromatic carbocycles. The van der Waals surface area contributed by atoms with Gasteiger partial charge in [0.25, 0.3) is 5.91 Å². The van der Waals surface area contributed by atoms with Gasteiger partial charge in [-0.05, 0) is 49.3 Å². The number of hydrogen-bond acceptors (Lipinski definition) is 3. The van der Waals surface area contributed by atoms with Crippen LogP contribution in [0.3, 0.4) is 0 Å². The SMILES string of the molecule is CCCNc1ccc(C(=O)N(C)C2CCSC2)cc1C. The van der Waals surface area contributed by atoms with E-state index in [0.29, 0.717) is 6.04 Å². The van der Waals surface area contributed by atoms with Gasteiger partial charge in [0.05, 0.1) is 0 Å². The highest BCUT2D eigenvalue weighted by Crippen LogP contribution is 2.24. The van der Waals surface area contributed by atoms with Gasteiger partial charge in [-0.1, -0.05) is 6.92 Å². The van der Waals surface area contributed by atoms with Crippen LogP contribution in [0.25, 0.3) is 0 Å². The molecule has 1 amide bonds. The number of hydrogen-bond donors (Lipinski definition) is 1. The Labute approximate surface area is 126 Å². The molecule has 1 aliphatic heterocycles. The van der Waals surface area contributed by atoms with Gasteiger partial charge in [0.2, 0.25) is 0 Å². The number of benzene rings is 1. The zero-order valence-corrected chi connectivity index (χ0v) is 13.4.